The Hall–Kier alpha value is -2.59. The van der Waals surface area contributed by atoms with Crippen LogP contribution in [0.3, 0.4) is 0 Å². The smallest absolute Gasteiger partial charge is 0.321 e. The molecule has 1 aliphatic rings. The summed E-state index contributed by atoms with van der Waals surface area (Å²) in [5.74, 6) is -0.263. The minimum atomic E-state index is -0.263. The number of carbonyl (C=O) groups excluding carboxylic acids is 2. The predicted molar refractivity (Wildman–Crippen MR) is 84.8 cm³/mol. The molecule has 0 spiro atoms. The number of nitrogens with one attached hydrogen (secondary N) is 1. The van der Waals surface area contributed by atoms with E-state index in [-0.39, 0.29) is 18.5 Å². The number of carbonyl (C=O) groups is 2. The molecule has 1 aliphatic heterocycles. The van der Waals surface area contributed by atoms with Crippen molar-refractivity contribution in [3.05, 3.63) is 29.8 Å². The van der Waals surface area contributed by atoms with Gasteiger partial charge in [-0.3, -0.25) is 9.69 Å². The molecule has 1 saturated heterocycles. The number of esters is 1. The van der Waals surface area contributed by atoms with Crippen molar-refractivity contribution in [2.45, 2.75) is 6.42 Å². The molecule has 1 fully saturated rings. The quantitative estimate of drug-likeness (QED) is 0.849. The lowest BCUT2D eigenvalue weighted by atomic mass is 10.2. The van der Waals surface area contributed by atoms with E-state index in [1.54, 1.807) is 29.2 Å². The van der Waals surface area contributed by atoms with E-state index in [4.69, 9.17) is 5.26 Å². The van der Waals surface area contributed by atoms with Gasteiger partial charge < -0.3 is 15.0 Å². The van der Waals surface area contributed by atoms with Gasteiger partial charge >= 0.3 is 12.0 Å². The van der Waals surface area contributed by atoms with Crippen molar-refractivity contribution in [3.63, 3.8) is 0 Å². The molecule has 2 rings (SSSR count). The Morgan fingerprint density at radius 3 is 2.61 bits per heavy atom. The topological polar surface area (TPSA) is 85.7 Å². The van der Waals surface area contributed by atoms with Crippen LogP contribution >= 0.6 is 0 Å². The molecule has 7 nitrogen and oxygen atoms in total. The third-order valence-electron chi connectivity index (χ3n) is 3.72. The zero-order valence-electron chi connectivity index (χ0n) is 13.1. The molecule has 7 heteroatoms. The highest BCUT2D eigenvalue weighted by Gasteiger charge is 2.20. The van der Waals surface area contributed by atoms with Crippen molar-refractivity contribution < 1.29 is 14.3 Å². The third kappa shape index (κ3) is 4.97. The lowest BCUT2D eigenvalue weighted by Crippen LogP contribution is -2.39. The van der Waals surface area contributed by atoms with E-state index in [0.29, 0.717) is 30.9 Å². The van der Waals surface area contributed by atoms with E-state index in [2.05, 4.69) is 10.1 Å². The second-order valence-corrected chi connectivity index (χ2v) is 5.31. The van der Waals surface area contributed by atoms with Crippen LogP contribution in [0, 0.1) is 11.3 Å². The fourth-order valence-electron chi connectivity index (χ4n) is 2.41. The van der Waals surface area contributed by atoms with Crippen LogP contribution in [0.1, 0.15) is 12.0 Å². The molecule has 1 aromatic rings. The summed E-state index contributed by atoms with van der Waals surface area (Å²) < 4.78 is 4.67. The Bertz CT molecular complexity index is 594. The summed E-state index contributed by atoms with van der Waals surface area (Å²) in [5, 5.41) is 11.6. The number of rotatable bonds is 3. The van der Waals surface area contributed by atoms with Gasteiger partial charge in [-0.2, -0.15) is 5.26 Å². The summed E-state index contributed by atoms with van der Waals surface area (Å²) in [6.07, 6.45) is 0.803. The zero-order valence-corrected chi connectivity index (χ0v) is 13.1. The molecule has 1 heterocycles. The molecule has 0 saturated carbocycles. The molecule has 0 atom stereocenters. The molecule has 0 aromatic heterocycles. The summed E-state index contributed by atoms with van der Waals surface area (Å²) in [6.45, 7) is 2.84. The highest BCUT2D eigenvalue weighted by Crippen LogP contribution is 2.11. The molecule has 23 heavy (non-hydrogen) atoms. The Morgan fingerprint density at radius 2 is 1.96 bits per heavy atom. The number of hydrogen-bond acceptors (Lipinski definition) is 5. The van der Waals surface area contributed by atoms with Gasteiger partial charge in [-0.1, -0.05) is 0 Å². The van der Waals surface area contributed by atoms with E-state index < -0.39 is 0 Å². The number of nitriles is 1. The summed E-state index contributed by atoms with van der Waals surface area (Å²) in [4.78, 5) is 27.3. The monoisotopic (exact) mass is 316 g/mol. The molecule has 0 radical (unpaired) electrons. The fraction of sp³-hybridized carbons (Fsp3) is 0.438. The van der Waals surface area contributed by atoms with Crippen molar-refractivity contribution in [1.29, 1.82) is 5.26 Å². The van der Waals surface area contributed by atoms with Gasteiger partial charge in [0, 0.05) is 31.9 Å². The van der Waals surface area contributed by atoms with Gasteiger partial charge in [0.1, 0.15) is 0 Å². The maximum Gasteiger partial charge on any atom is 0.321 e. The second kappa shape index (κ2) is 8.15. The lowest BCUT2D eigenvalue weighted by molar-refractivity contribution is -0.141. The molecule has 122 valence electrons. The van der Waals surface area contributed by atoms with E-state index in [1.165, 1.54) is 7.11 Å². The third-order valence-corrected chi connectivity index (χ3v) is 3.72. The first kappa shape index (κ1) is 16.8. The van der Waals surface area contributed by atoms with Crippen molar-refractivity contribution in [2.24, 2.45) is 0 Å². The molecular weight excluding hydrogens is 296 g/mol. The predicted octanol–water partition coefficient (Wildman–Crippen LogP) is 1.27. The van der Waals surface area contributed by atoms with Crippen molar-refractivity contribution in [2.75, 3.05) is 45.2 Å². The number of nitrogens with zero attached hydrogens (tertiary/aromatic N) is 3. The Kier molecular flexibility index (Phi) is 5.94. The van der Waals surface area contributed by atoms with E-state index in [9.17, 15) is 9.59 Å². The Morgan fingerprint density at radius 1 is 1.22 bits per heavy atom. The van der Waals surface area contributed by atoms with Crippen LogP contribution in [0.15, 0.2) is 24.3 Å². The van der Waals surface area contributed by atoms with E-state index >= 15 is 0 Å². The molecule has 0 bridgehead atoms. The normalized spacial score (nSPS) is 15.4. The average Bonchev–Trinajstić information content (AvgIpc) is 2.81. The van der Waals surface area contributed by atoms with Gasteiger partial charge in [-0.05, 0) is 30.7 Å². The van der Waals surface area contributed by atoms with Gasteiger partial charge in [0.25, 0.3) is 0 Å². The summed E-state index contributed by atoms with van der Waals surface area (Å²) in [5.41, 5.74) is 1.21. The molecular formula is C16H20N4O3. The highest BCUT2D eigenvalue weighted by atomic mass is 16.5. The second-order valence-electron chi connectivity index (χ2n) is 5.31. The standard InChI is InChI=1S/C16H20N4O3/c1-23-15(21)12-19-7-2-8-20(10-9-19)16(22)18-14-5-3-13(11-17)4-6-14/h3-6H,2,7-10,12H2,1H3,(H,18,22). The van der Waals surface area contributed by atoms with Crippen LogP contribution in [0.4, 0.5) is 10.5 Å². The highest BCUT2D eigenvalue weighted by molar-refractivity contribution is 5.89. The SMILES string of the molecule is COC(=O)CN1CCCN(C(=O)Nc2ccc(C#N)cc2)CC1. The van der Waals surface area contributed by atoms with Crippen LogP contribution in [0.2, 0.25) is 0 Å². The number of anilines is 1. The summed E-state index contributed by atoms with van der Waals surface area (Å²) in [6, 6.07) is 8.60. The van der Waals surface area contributed by atoms with Crippen molar-refractivity contribution >= 4 is 17.7 Å². The summed E-state index contributed by atoms with van der Waals surface area (Å²) in [7, 11) is 1.37. The number of amides is 2. The average molecular weight is 316 g/mol. The number of methoxy groups -OCH3 is 1. The van der Waals surface area contributed by atoms with Gasteiger partial charge in [-0.25, -0.2) is 4.79 Å². The molecule has 0 unspecified atom stereocenters. The van der Waals surface area contributed by atoms with Crippen LogP contribution < -0.4 is 5.32 Å². The van der Waals surface area contributed by atoms with Crippen LogP contribution in [-0.4, -0.2) is 61.6 Å². The largest absolute Gasteiger partial charge is 0.468 e. The Labute approximate surface area is 135 Å². The van der Waals surface area contributed by atoms with Crippen molar-refractivity contribution in [1.82, 2.24) is 9.80 Å². The Balaban J connectivity index is 1.87. The maximum atomic E-state index is 12.3. The van der Waals surface area contributed by atoms with Crippen molar-refractivity contribution in [3.8, 4) is 6.07 Å². The number of hydrogen-bond donors (Lipinski definition) is 1. The zero-order chi connectivity index (χ0) is 16.7. The maximum absolute atomic E-state index is 12.3. The minimum absolute atomic E-state index is 0.172. The van der Waals surface area contributed by atoms with E-state index in [1.807, 2.05) is 11.0 Å². The molecule has 2 amide bonds. The number of urea groups is 1. The number of benzene rings is 1. The van der Waals surface area contributed by atoms with Gasteiger partial charge in [-0.15, -0.1) is 0 Å². The first-order chi connectivity index (χ1) is 11.1. The minimum Gasteiger partial charge on any atom is -0.468 e. The van der Waals surface area contributed by atoms with Crippen LogP contribution in [0.25, 0.3) is 0 Å². The number of ether oxygens (including phenoxy) is 1. The molecule has 1 N–H and O–H groups in total. The molecule has 1 aromatic carbocycles. The van der Waals surface area contributed by atoms with Gasteiger partial charge in [0.15, 0.2) is 0 Å². The summed E-state index contributed by atoms with van der Waals surface area (Å²) >= 11 is 0. The van der Waals surface area contributed by atoms with Crippen LogP contribution in [0.5, 0.6) is 0 Å². The van der Waals surface area contributed by atoms with E-state index in [0.717, 1.165) is 13.0 Å². The lowest BCUT2D eigenvalue weighted by Gasteiger charge is -2.21. The first-order valence-electron chi connectivity index (χ1n) is 7.47. The van der Waals surface area contributed by atoms with Crippen LogP contribution in [-0.2, 0) is 9.53 Å². The van der Waals surface area contributed by atoms with Gasteiger partial charge in [0.2, 0.25) is 0 Å². The fourth-order valence-corrected chi connectivity index (χ4v) is 2.41. The molecule has 0 aliphatic carbocycles. The first-order valence-corrected chi connectivity index (χ1v) is 7.47. The van der Waals surface area contributed by atoms with Gasteiger partial charge in [0.05, 0.1) is 25.3 Å².